The topological polar surface area (TPSA) is 31.0 Å². The lowest BCUT2D eigenvalue weighted by Gasteiger charge is -2.33. The first kappa shape index (κ1) is 34.1. The zero-order valence-corrected chi connectivity index (χ0v) is 35.1. The molecule has 12 aromatic rings. The maximum Gasteiger partial charge on any atom is 0.213 e. The Bertz CT molecular complexity index is 4100. The molecule has 2 atom stereocenters. The van der Waals surface area contributed by atoms with Crippen LogP contribution in [0.15, 0.2) is 192 Å². The van der Waals surface area contributed by atoms with Crippen molar-refractivity contribution < 1.29 is 4.42 Å². The lowest BCUT2D eigenvalue weighted by molar-refractivity contribution is 0.645. The summed E-state index contributed by atoms with van der Waals surface area (Å²) in [6, 6.07) is 62.8. The van der Waals surface area contributed by atoms with E-state index in [1.165, 1.54) is 80.9 Å². The molecule has 4 heterocycles. The predicted molar refractivity (Wildman–Crippen MR) is 263 cm³/mol. The number of hydrogen-bond acceptors (Lipinski definition) is 3. The van der Waals surface area contributed by atoms with Crippen molar-refractivity contribution in [3.63, 3.8) is 0 Å². The van der Waals surface area contributed by atoms with Gasteiger partial charge in [-0.15, -0.1) is 11.3 Å². The monoisotopic (exact) mass is 820 g/mol. The molecule has 0 saturated carbocycles. The molecule has 63 heavy (non-hydrogen) atoms. The van der Waals surface area contributed by atoms with Gasteiger partial charge in [-0.25, -0.2) is 4.98 Å². The number of furan rings is 1. The van der Waals surface area contributed by atoms with Crippen molar-refractivity contribution in [3.8, 4) is 28.1 Å². The van der Waals surface area contributed by atoms with E-state index in [-0.39, 0.29) is 5.41 Å². The molecular weight excluding hydrogens is 785 g/mol. The largest absolute Gasteiger partial charge is 0.439 e. The molecule has 15 rings (SSSR count). The van der Waals surface area contributed by atoms with Crippen LogP contribution in [-0.4, -0.2) is 9.55 Å². The van der Waals surface area contributed by atoms with Gasteiger partial charge in [0.2, 0.25) is 5.71 Å². The Hall–Kier alpha value is -7.53. The molecule has 0 bridgehead atoms. The van der Waals surface area contributed by atoms with Crippen LogP contribution in [0.1, 0.15) is 35.6 Å². The van der Waals surface area contributed by atoms with Gasteiger partial charge in [-0.1, -0.05) is 140 Å². The number of thiophene rings is 1. The van der Waals surface area contributed by atoms with E-state index >= 15 is 0 Å². The Balaban J connectivity index is 1.01. The fraction of sp³-hybridized carbons (Fsp3) is 0.0678. The quantitative estimate of drug-likeness (QED) is 0.163. The van der Waals surface area contributed by atoms with Crippen LogP contribution < -0.4 is 0 Å². The zero-order valence-electron chi connectivity index (χ0n) is 34.3. The van der Waals surface area contributed by atoms with Crippen molar-refractivity contribution in [1.29, 1.82) is 0 Å². The van der Waals surface area contributed by atoms with Gasteiger partial charge in [0, 0.05) is 53.0 Å². The number of allylic oxidation sites excluding steroid dienone is 4. The van der Waals surface area contributed by atoms with Gasteiger partial charge in [-0.2, -0.15) is 0 Å². The molecule has 4 aromatic heterocycles. The molecule has 0 radical (unpaired) electrons. The number of pyridine rings is 1. The first-order valence-corrected chi connectivity index (χ1v) is 22.8. The van der Waals surface area contributed by atoms with Crippen molar-refractivity contribution >= 4 is 91.7 Å². The van der Waals surface area contributed by atoms with Gasteiger partial charge in [0.15, 0.2) is 0 Å². The second-order valence-corrected chi connectivity index (χ2v) is 18.8. The number of nitrogens with zero attached hydrogens (tertiary/aromatic N) is 2. The minimum Gasteiger partial charge on any atom is -0.439 e. The summed E-state index contributed by atoms with van der Waals surface area (Å²) in [5, 5.41) is 9.67. The fourth-order valence-corrected chi connectivity index (χ4v) is 13.3. The van der Waals surface area contributed by atoms with Gasteiger partial charge in [-0.3, -0.25) is 4.57 Å². The van der Waals surface area contributed by atoms with Crippen molar-refractivity contribution in [1.82, 2.24) is 9.55 Å². The average Bonchev–Trinajstić information content (AvgIpc) is 4.12. The van der Waals surface area contributed by atoms with E-state index in [1.807, 2.05) is 11.3 Å². The molecule has 3 aliphatic carbocycles. The Morgan fingerprint density at radius 2 is 1.37 bits per heavy atom. The van der Waals surface area contributed by atoms with Gasteiger partial charge in [0.25, 0.3) is 0 Å². The number of aromatic nitrogens is 2. The molecule has 2 unspecified atom stereocenters. The van der Waals surface area contributed by atoms with Gasteiger partial charge < -0.3 is 4.42 Å². The standard InChI is InChI=1S/C59H36N2OS/c1-33-25-27-48-43(29-33)36-15-2-7-20-46(36)59(48)47-21-8-3-16-37(47)44-31-45-42(32-49(44)59)38-17-4-9-22-50(38)60-56(45)34-13-12-14-35(30-34)61-51-28-26-40-39-18-6-11-24-53(39)63-57(40)55(51)54-41-19-5-10-23-52(41)62-58(54)61/h2-28,30-33H,29H2,1H3. The molecular formula is C59H36N2OS. The van der Waals surface area contributed by atoms with Crippen LogP contribution in [0.25, 0.3) is 108 Å². The molecule has 0 fully saturated rings. The molecule has 4 heteroatoms. The highest BCUT2D eigenvalue weighted by Crippen LogP contribution is 2.64. The first-order chi connectivity index (χ1) is 31.1. The Morgan fingerprint density at radius 1 is 0.603 bits per heavy atom. The highest BCUT2D eigenvalue weighted by atomic mass is 32.1. The SMILES string of the molecule is CC1C=CC2=C(C1)c1ccccc1C21c2ccccc2-c2cc3c(-c4cccc(-n5c6ccc7c8ccccc8sc7c6c6c7ccccc7oc65)c4)nc4ccccc4c3cc21. The zero-order chi connectivity index (χ0) is 41.1. The lowest BCUT2D eigenvalue weighted by Crippen LogP contribution is -2.27. The third-order valence-corrected chi connectivity index (χ3v) is 15.7. The van der Waals surface area contributed by atoms with Crippen LogP contribution in [0.5, 0.6) is 0 Å². The molecule has 294 valence electrons. The summed E-state index contributed by atoms with van der Waals surface area (Å²) in [6.07, 6.45) is 5.93. The number of para-hydroxylation sites is 2. The summed E-state index contributed by atoms with van der Waals surface area (Å²) >= 11 is 1.87. The average molecular weight is 821 g/mol. The molecule has 3 aliphatic rings. The Morgan fingerprint density at radius 3 is 2.27 bits per heavy atom. The van der Waals surface area contributed by atoms with Crippen molar-refractivity contribution in [2.24, 2.45) is 5.92 Å². The lowest BCUT2D eigenvalue weighted by atomic mass is 9.68. The third-order valence-electron chi connectivity index (χ3n) is 14.5. The molecule has 0 amide bonds. The second-order valence-electron chi connectivity index (χ2n) is 17.8. The van der Waals surface area contributed by atoms with Crippen LogP contribution in [0.2, 0.25) is 0 Å². The molecule has 3 nitrogen and oxygen atoms in total. The summed E-state index contributed by atoms with van der Waals surface area (Å²) in [7, 11) is 0. The highest BCUT2D eigenvalue weighted by molar-refractivity contribution is 7.26. The van der Waals surface area contributed by atoms with Crippen LogP contribution in [0.3, 0.4) is 0 Å². The van der Waals surface area contributed by atoms with E-state index in [0.717, 1.165) is 61.9 Å². The van der Waals surface area contributed by atoms with E-state index in [9.17, 15) is 0 Å². The van der Waals surface area contributed by atoms with E-state index in [1.54, 1.807) is 0 Å². The number of rotatable bonds is 2. The second kappa shape index (κ2) is 12.1. The van der Waals surface area contributed by atoms with Gasteiger partial charge in [0.1, 0.15) is 5.58 Å². The van der Waals surface area contributed by atoms with Crippen LogP contribution in [0, 0.1) is 5.92 Å². The van der Waals surface area contributed by atoms with Crippen molar-refractivity contribution in [2.45, 2.75) is 18.8 Å². The van der Waals surface area contributed by atoms with Crippen LogP contribution in [0.4, 0.5) is 0 Å². The maximum atomic E-state index is 6.86. The summed E-state index contributed by atoms with van der Waals surface area (Å²) < 4.78 is 11.8. The third kappa shape index (κ3) is 4.27. The minimum atomic E-state index is -0.388. The normalized spacial score (nSPS) is 17.6. The summed E-state index contributed by atoms with van der Waals surface area (Å²) in [5.41, 5.74) is 17.6. The number of hydrogen-bond donors (Lipinski definition) is 0. The molecule has 1 spiro atoms. The highest BCUT2D eigenvalue weighted by Gasteiger charge is 2.52. The smallest absolute Gasteiger partial charge is 0.213 e. The van der Waals surface area contributed by atoms with E-state index in [4.69, 9.17) is 9.40 Å². The first-order valence-electron chi connectivity index (χ1n) is 22.0. The number of benzene rings is 8. The maximum absolute atomic E-state index is 6.86. The van der Waals surface area contributed by atoms with Crippen LogP contribution in [-0.2, 0) is 5.41 Å². The predicted octanol–water partition coefficient (Wildman–Crippen LogP) is 15.9. The minimum absolute atomic E-state index is 0.388. The van der Waals surface area contributed by atoms with E-state index < -0.39 is 0 Å². The fourth-order valence-electron chi connectivity index (χ4n) is 12.0. The molecule has 8 aromatic carbocycles. The Labute approximate surface area is 366 Å². The molecule has 0 saturated heterocycles. The van der Waals surface area contributed by atoms with Crippen molar-refractivity contribution in [3.05, 3.63) is 210 Å². The Kier molecular flexibility index (Phi) is 6.55. The van der Waals surface area contributed by atoms with Gasteiger partial charge in [0.05, 0.1) is 27.5 Å². The summed E-state index contributed by atoms with van der Waals surface area (Å²) in [4.78, 5) is 5.55. The molecule has 0 N–H and O–H groups in total. The van der Waals surface area contributed by atoms with E-state index in [0.29, 0.717) is 5.92 Å². The van der Waals surface area contributed by atoms with Gasteiger partial charge >= 0.3 is 0 Å². The summed E-state index contributed by atoms with van der Waals surface area (Å²) in [6.45, 7) is 2.34. The van der Waals surface area contributed by atoms with Crippen molar-refractivity contribution in [2.75, 3.05) is 0 Å². The van der Waals surface area contributed by atoms with Crippen LogP contribution >= 0.6 is 11.3 Å². The number of fused-ring (bicyclic) bond motifs is 21. The van der Waals surface area contributed by atoms with Gasteiger partial charge in [-0.05, 0) is 111 Å². The van der Waals surface area contributed by atoms with E-state index in [2.05, 4.69) is 194 Å². The molecule has 0 aliphatic heterocycles. The summed E-state index contributed by atoms with van der Waals surface area (Å²) in [5.74, 6) is 0.498.